The van der Waals surface area contributed by atoms with Crippen LogP contribution in [-0.4, -0.2) is 28.3 Å². The summed E-state index contributed by atoms with van der Waals surface area (Å²) in [7, 11) is 0. The summed E-state index contributed by atoms with van der Waals surface area (Å²) >= 11 is 0. The lowest BCUT2D eigenvalue weighted by Crippen LogP contribution is -2.33. The largest absolute Gasteiger partial charge is 0.484 e. The number of benzene rings is 1. The molecule has 0 aliphatic carbocycles. The van der Waals surface area contributed by atoms with Crippen LogP contribution in [0, 0.1) is 6.92 Å². The van der Waals surface area contributed by atoms with Crippen molar-refractivity contribution < 1.29 is 9.53 Å². The average molecular weight is 316 g/mol. The number of amides is 1. The quantitative estimate of drug-likeness (QED) is 0.778. The molecule has 2 atom stereocenters. The Morgan fingerprint density at radius 3 is 2.87 bits per heavy atom. The number of hydrogen-bond donors (Lipinski definition) is 2. The van der Waals surface area contributed by atoms with E-state index in [1.54, 1.807) is 0 Å². The standard InChI is InChI=1S/C17H24N4O2/c1-12-8-20-21(10-12)14(3)13(2)19-9-15-5-4-6-16(7-15)23-11-17(18)22/h4-8,10,13-14,19H,9,11H2,1-3H3,(H2,18,22)/t13-,14-/m0/s1. The van der Waals surface area contributed by atoms with E-state index >= 15 is 0 Å². The highest BCUT2D eigenvalue weighted by Crippen LogP contribution is 2.15. The van der Waals surface area contributed by atoms with Crippen molar-refractivity contribution in [2.24, 2.45) is 5.73 Å². The van der Waals surface area contributed by atoms with E-state index in [9.17, 15) is 4.79 Å². The van der Waals surface area contributed by atoms with Crippen LogP contribution in [0.5, 0.6) is 5.75 Å². The van der Waals surface area contributed by atoms with Crippen LogP contribution in [0.3, 0.4) is 0 Å². The molecule has 1 heterocycles. The fourth-order valence-corrected chi connectivity index (χ4v) is 2.23. The summed E-state index contributed by atoms with van der Waals surface area (Å²) in [6.45, 7) is 6.90. The second kappa shape index (κ2) is 7.78. The van der Waals surface area contributed by atoms with E-state index < -0.39 is 5.91 Å². The maximum atomic E-state index is 10.8. The zero-order valence-electron chi connectivity index (χ0n) is 13.8. The van der Waals surface area contributed by atoms with Crippen molar-refractivity contribution in [2.75, 3.05) is 6.61 Å². The smallest absolute Gasteiger partial charge is 0.255 e. The number of aromatic nitrogens is 2. The molecule has 6 nitrogen and oxygen atoms in total. The molecule has 0 spiro atoms. The van der Waals surface area contributed by atoms with E-state index in [1.165, 1.54) is 0 Å². The predicted octanol–water partition coefficient (Wildman–Crippen LogP) is 1.79. The molecule has 23 heavy (non-hydrogen) atoms. The molecule has 0 unspecified atom stereocenters. The van der Waals surface area contributed by atoms with Crippen LogP contribution < -0.4 is 15.8 Å². The first-order valence-electron chi connectivity index (χ1n) is 7.70. The molecule has 0 fully saturated rings. The van der Waals surface area contributed by atoms with Crippen LogP contribution in [0.2, 0.25) is 0 Å². The van der Waals surface area contributed by atoms with Gasteiger partial charge in [0.05, 0.1) is 12.2 Å². The molecule has 0 radical (unpaired) electrons. The van der Waals surface area contributed by atoms with Gasteiger partial charge in [-0.2, -0.15) is 5.10 Å². The van der Waals surface area contributed by atoms with E-state index in [2.05, 4.69) is 24.3 Å². The Bertz CT molecular complexity index is 654. The van der Waals surface area contributed by atoms with Gasteiger partial charge in [0.25, 0.3) is 5.91 Å². The molecule has 1 amide bonds. The molecular formula is C17H24N4O2. The molecular weight excluding hydrogens is 292 g/mol. The summed E-state index contributed by atoms with van der Waals surface area (Å²) in [4.78, 5) is 10.8. The second-order valence-electron chi connectivity index (χ2n) is 5.81. The number of carbonyl (C=O) groups excluding carboxylic acids is 1. The van der Waals surface area contributed by atoms with Crippen LogP contribution in [0.4, 0.5) is 0 Å². The fraction of sp³-hybridized carbons (Fsp3) is 0.412. The van der Waals surface area contributed by atoms with Crippen LogP contribution >= 0.6 is 0 Å². The van der Waals surface area contributed by atoms with Gasteiger partial charge in [0.15, 0.2) is 6.61 Å². The summed E-state index contributed by atoms with van der Waals surface area (Å²) in [5, 5.41) is 7.85. The minimum atomic E-state index is -0.481. The van der Waals surface area contributed by atoms with E-state index in [0.29, 0.717) is 12.3 Å². The fourth-order valence-electron chi connectivity index (χ4n) is 2.23. The first-order chi connectivity index (χ1) is 11.0. The molecule has 2 aromatic rings. The third kappa shape index (κ3) is 5.10. The van der Waals surface area contributed by atoms with E-state index in [1.807, 2.05) is 48.3 Å². The number of carbonyl (C=O) groups is 1. The van der Waals surface area contributed by atoms with Crippen molar-refractivity contribution in [2.45, 2.75) is 39.4 Å². The lowest BCUT2D eigenvalue weighted by Gasteiger charge is -2.22. The highest BCUT2D eigenvalue weighted by Gasteiger charge is 2.14. The van der Waals surface area contributed by atoms with E-state index in [4.69, 9.17) is 10.5 Å². The maximum absolute atomic E-state index is 10.8. The van der Waals surface area contributed by atoms with E-state index in [0.717, 1.165) is 11.1 Å². The number of nitrogens with two attached hydrogens (primary N) is 1. The van der Waals surface area contributed by atoms with Gasteiger partial charge < -0.3 is 15.8 Å². The maximum Gasteiger partial charge on any atom is 0.255 e. The van der Waals surface area contributed by atoms with Crippen molar-refractivity contribution >= 4 is 5.91 Å². The molecule has 0 aliphatic rings. The summed E-state index contributed by atoms with van der Waals surface area (Å²) in [6, 6.07) is 8.14. The highest BCUT2D eigenvalue weighted by molar-refractivity contribution is 5.75. The van der Waals surface area contributed by atoms with Crippen molar-refractivity contribution in [1.82, 2.24) is 15.1 Å². The molecule has 1 aromatic carbocycles. The summed E-state index contributed by atoms with van der Waals surface area (Å²) in [6.07, 6.45) is 3.91. The van der Waals surface area contributed by atoms with Gasteiger partial charge in [-0.1, -0.05) is 12.1 Å². The summed E-state index contributed by atoms with van der Waals surface area (Å²) in [5.41, 5.74) is 7.32. The predicted molar refractivity (Wildman–Crippen MR) is 89.1 cm³/mol. The molecule has 124 valence electrons. The molecule has 3 N–H and O–H groups in total. The molecule has 0 saturated heterocycles. The number of aryl methyl sites for hydroxylation is 1. The third-order valence-electron chi connectivity index (χ3n) is 3.78. The van der Waals surface area contributed by atoms with Gasteiger partial charge in [0, 0.05) is 18.8 Å². The Hall–Kier alpha value is -2.34. The van der Waals surface area contributed by atoms with Crippen molar-refractivity contribution in [1.29, 1.82) is 0 Å². The second-order valence-corrected chi connectivity index (χ2v) is 5.81. The molecule has 2 rings (SSSR count). The van der Waals surface area contributed by atoms with Crippen molar-refractivity contribution in [3.05, 3.63) is 47.8 Å². The molecule has 6 heteroatoms. The third-order valence-corrected chi connectivity index (χ3v) is 3.78. The lowest BCUT2D eigenvalue weighted by molar-refractivity contribution is -0.119. The summed E-state index contributed by atoms with van der Waals surface area (Å²) in [5.74, 6) is 0.164. The zero-order chi connectivity index (χ0) is 16.8. The van der Waals surface area contributed by atoms with E-state index in [-0.39, 0.29) is 18.7 Å². The van der Waals surface area contributed by atoms with Gasteiger partial charge in [-0.25, -0.2) is 0 Å². The van der Waals surface area contributed by atoms with Gasteiger partial charge in [0.1, 0.15) is 5.75 Å². The van der Waals surface area contributed by atoms with Gasteiger partial charge in [-0.3, -0.25) is 9.48 Å². The number of rotatable bonds is 8. The topological polar surface area (TPSA) is 82.2 Å². The Labute approximate surface area is 136 Å². The molecule has 0 aliphatic heterocycles. The Morgan fingerprint density at radius 1 is 1.43 bits per heavy atom. The van der Waals surface area contributed by atoms with Crippen molar-refractivity contribution in [3.8, 4) is 5.75 Å². The molecule has 1 aromatic heterocycles. The summed E-state index contributed by atoms with van der Waals surface area (Å²) < 4.78 is 7.29. The highest BCUT2D eigenvalue weighted by atomic mass is 16.5. The van der Waals surface area contributed by atoms with Crippen LogP contribution in [0.15, 0.2) is 36.7 Å². The van der Waals surface area contributed by atoms with Gasteiger partial charge in [-0.05, 0) is 44.0 Å². The van der Waals surface area contributed by atoms with Crippen molar-refractivity contribution in [3.63, 3.8) is 0 Å². The normalized spacial score (nSPS) is 13.5. The minimum absolute atomic E-state index is 0.108. The van der Waals surface area contributed by atoms with Crippen LogP contribution in [-0.2, 0) is 11.3 Å². The Kier molecular flexibility index (Phi) is 5.76. The van der Waals surface area contributed by atoms with Gasteiger partial charge in [0.2, 0.25) is 0 Å². The molecule has 0 bridgehead atoms. The number of hydrogen-bond acceptors (Lipinski definition) is 4. The number of ether oxygens (including phenoxy) is 1. The Morgan fingerprint density at radius 2 is 2.22 bits per heavy atom. The van der Waals surface area contributed by atoms with Crippen LogP contribution in [0.25, 0.3) is 0 Å². The van der Waals surface area contributed by atoms with Gasteiger partial charge >= 0.3 is 0 Å². The Balaban J connectivity index is 1.89. The SMILES string of the molecule is Cc1cnn([C@@H](C)[C@H](C)NCc2cccc(OCC(N)=O)c2)c1. The minimum Gasteiger partial charge on any atom is -0.484 e. The lowest BCUT2D eigenvalue weighted by atomic mass is 10.1. The first-order valence-corrected chi connectivity index (χ1v) is 7.70. The first kappa shape index (κ1) is 17.0. The average Bonchev–Trinajstić information content (AvgIpc) is 2.96. The monoisotopic (exact) mass is 316 g/mol. The number of nitrogens with zero attached hydrogens (tertiary/aromatic N) is 2. The van der Waals surface area contributed by atoms with Gasteiger partial charge in [-0.15, -0.1) is 0 Å². The molecule has 0 saturated carbocycles. The zero-order valence-corrected chi connectivity index (χ0v) is 13.8. The number of primary amides is 1. The van der Waals surface area contributed by atoms with Crippen LogP contribution in [0.1, 0.15) is 31.0 Å². The number of nitrogens with one attached hydrogen (secondary N) is 1.